The standard InChI is InChI=1S/C5H5N2O/c1-2-4(1)5-6-3-8-7-5/h4H,1-2H2. The fraction of sp³-hybridized carbons (Fsp3) is 0.600. The highest BCUT2D eigenvalue weighted by Gasteiger charge is 2.27. The molecule has 0 atom stereocenters. The third kappa shape index (κ3) is 0.510. The molecule has 0 aliphatic heterocycles. The first-order chi connectivity index (χ1) is 3.97. The molecule has 1 aliphatic carbocycles. The summed E-state index contributed by atoms with van der Waals surface area (Å²) >= 11 is 0. The van der Waals surface area contributed by atoms with E-state index < -0.39 is 0 Å². The van der Waals surface area contributed by atoms with E-state index in [1.807, 2.05) is 0 Å². The highest BCUT2D eigenvalue weighted by molar-refractivity contribution is 5.00. The van der Waals surface area contributed by atoms with Gasteiger partial charge in [0.15, 0.2) is 5.82 Å². The van der Waals surface area contributed by atoms with E-state index in [2.05, 4.69) is 21.1 Å². The van der Waals surface area contributed by atoms with Crippen LogP contribution in [0.25, 0.3) is 0 Å². The van der Waals surface area contributed by atoms with Crippen LogP contribution in [0, 0.1) is 6.39 Å². The third-order valence-electron chi connectivity index (χ3n) is 1.28. The van der Waals surface area contributed by atoms with E-state index in [9.17, 15) is 0 Å². The molecule has 1 radical (unpaired) electrons. The molecule has 0 aromatic carbocycles. The molecular formula is C5H5N2O. The van der Waals surface area contributed by atoms with E-state index in [0.29, 0.717) is 5.92 Å². The van der Waals surface area contributed by atoms with Crippen molar-refractivity contribution in [3.05, 3.63) is 12.2 Å². The Balaban J connectivity index is 2.28. The van der Waals surface area contributed by atoms with Gasteiger partial charge in [0.2, 0.25) is 0 Å². The van der Waals surface area contributed by atoms with E-state index in [0.717, 1.165) is 5.82 Å². The number of hydrogen-bond donors (Lipinski definition) is 0. The molecule has 0 amide bonds. The maximum atomic E-state index is 4.43. The molecule has 0 bridgehead atoms. The lowest BCUT2D eigenvalue weighted by Crippen LogP contribution is -1.78. The SMILES string of the molecule is [c]1nc(C2CC2)no1. The summed E-state index contributed by atoms with van der Waals surface area (Å²) in [5.74, 6) is 1.41. The van der Waals surface area contributed by atoms with Crippen molar-refractivity contribution in [2.45, 2.75) is 18.8 Å². The second-order valence-corrected chi connectivity index (χ2v) is 2.02. The normalized spacial score (nSPS) is 19.0. The average Bonchev–Trinajstić information content (AvgIpc) is 2.49. The summed E-state index contributed by atoms with van der Waals surface area (Å²) in [5, 5.41) is 3.64. The van der Waals surface area contributed by atoms with Crippen LogP contribution < -0.4 is 0 Å². The zero-order chi connectivity index (χ0) is 5.40. The van der Waals surface area contributed by atoms with Gasteiger partial charge in [0, 0.05) is 5.92 Å². The first-order valence-corrected chi connectivity index (χ1v) is 2.66. The molecule has 1 aromatic rings. The Hall–Kier alpha value is -0.860. The van der Waals surface area contributed by atoms with Crippen LogP contribution in [-0.4, -0.2) is 10.1 Å². The molecule has 8 heavy (non-hydrogen) atoms. The molecule has 3 heteroatoms. The Morgan fingerprint density at radius 3 is 3.00 bits per heavy atom. The van der Waals surface area contributed by atoms with Gasteiger partial charge in [-0.1, -0.05) is 5.16 Å². The fourth-order valence-corrected chi connectivity index (χ4v) is 0.662. The molecule has 41 valence electrons. The molecule has 1 saturated carbocycles. The maximum Gasteiger partial charge on any atom is 0.316 e. The van der Waals surface area contributed by atoms with Crippen LogP contribution in [0.4, 0.5) is 0 Å². The molecule has 0 spiro atoms. The second kappa shape index (κ2) is 1.31. The predicted molar refractivity (Wildman–Crippen MR) is 25.1 cm³/mol. The molecule has 0 unspecified atom stereocenters. The van der Waals surface area contributed by atoms with Crippen molar-refractivity contribution in [1.29, 1.82) is 0 Å². The van der Waals surface area contributed by atoms with Crippen LogP contribution in [0.2, 0.25) is 0 Å². The quantitative estimate of drug-likeness (QED) is 0.534. The Kier molecular flexibility index (Phi) is 0.664. The Labute approximate surface area is 46.7 Å². The highest BCUT2D eigenvalue weighted by atomic mass is 16.5. The monoisotopic (exact) mass is 109 g/mol. The minimum Gasteiger partial charge on any atom is -0.329 e. The molecule has 1 aromatic heterocycles. The summed E-state index contributed by atoms with van der Waals surface area (Å²) in [5.41, 5.74) is 0. The molecule has 1 heterocycles. The molecular weight excluding hydrogens is 104 g/mol. The van der Waals surface area contributed by atoms with Crippen molar-refractivity contribution in [2.24, 2.45) is 0 Å². The van der Waals surface area contributed by atoms with Gasteiger partial charge in [0.1, 0.15) is 0 Å². The number of nitrogens with zero attached hydrogens (tertiary/aromatic N) is 2. The van der Waals surface area contributed by atoms with Gasteiger partial charge in [-0.05, 0) is 12.8 Å². The zero-order valence-corrected chi connectivity index (χ0v) is 4.29. The van der Waals surface area contributed by atoms with Gasteiger partial charge in [-0.25, -0.2) is 0 Å². The Bertz CT molecular complexity index is 167. The van der Waals surface area contributed by atoms with Crippen molar-refractivity contribution in [3.8, 4) is 0 Å². The number of aromatic nitrogens is 2. The fourth-order valence-electron chi connectivity index (χ4n) is 0.662. The van der Waals surface area contributed by atoms with E-state index >= 15 is 0 Å². The van der Waals surface area contributed by atoms with E-state index in [4.69, 9.17) is 0 Å². The summed E-state index contributed by atoms with van der Waals surface area (Å²) in [4.78, 5) is 3.78. The Morgan fingerprint density at radius 2 is 2.50 bits per heavy atom. The summed E-state index contributed by atoms with van der Waals surface area (Å²) in [7, 11) is 0. The number of rotatable bonds is 1. The van der Waals surface area contributed by atoms with Gasteiger partial charge in [0.25, 0.3) is 0 Å². The minimum absolute atomic E-state index is 0.588. The molecule has 0 saturated heterocycles. The van der Waals surface area contributed by atoms with E-state index in [1.165, 1.54) is 12.8 Å². The lowest BCUT2D eigenvalue weighted by atomic mass is 10.4. The molecule has 3 nitrogen and oxygen atoms in total. The summed E-state index contributed by atoms with van der Waals surface area (Å²) in [6, 6.07) is 0. The topological polar surface area (TPSA) is 38.9 Å². The zero-order valence-electron chi connectivity index (χ0n) is 4.29. The number of hydrogen-bond acceptors (Lipinski definition) is 3. The van der Waals surface area contributed by atoms with E-state index in [1.54, 1.807) is 0 Å². The van der Waals surface area contributed by atoms with Crippen LogP contribution >= 0.6 is 0 Å². The van der Waals surface area contributed by atoms with Gasteiger partial charge in [-0.3, -0.25) is 0 Å². The first kappa shape index (κ1) is 4.06. The lowest BCUT2D eigenvalue weighted by molar-refractivity contribution is 0.403. The highest BCUT2D eigenvalue weighted by Crippen LogP contribution is 2.37. The minimum atomic E-state index is 0.588. The lowest BCUT2D eigenvalue weighted by Gasteiger charge is -1.76. The smallest absolute Gasteiger partial charge is 0.316 e. The van der Waals surface area contributed by atoms with Crippen LogP contribution in [0.15, 0.2) is 4.52 Å². The van der Waals surface area contributed by atoms with E-state index in [-0.39, 0.29) is 0 Å². The maximum absolute atomic E-state index is 4.43. The summed E-state index contributed by atoms with van der Waals surface area (Å²) in [6.07, 6.45) is 4.75. The van der Waals surface area contributed by atoms with Crippen molar-refractivity contribution in [3.63, 3.8) is 0 Å². The molecule has 1 aliphatic rings. The van der Waals surface area contributed by atoms with Crippen LogP contribution in [0.3, 0.4) is 0 Å². The van der Waals surface area contributed by atoms with Crippen LogP contribution in [0.5, 0.6) is 0 Å². The van der Waals surface area contributed by atoms with Gasteiger partial charge in [-0.2, -0.15) is 4.98 Å². The molecule has 1 fully saturated rings. The van der Waals surface area contributed by atoms with Crippen molar-refractivity contribution >= 4 is 0 Å². The van der Waals surface area contributed by atoms with Gasteiger partial charge < -0.3 is 4.52 Å². The largest absolute Gasteiger partial charge is 0.329 e. The summed E-state index contributed by atoms with van der Waals surface area (Å²) in [6.45, 7) is 0. The first-order valence-electron chi connectivity index (χ1n) is 2.66. The molecule has 2 rings (SSSR count). The average molecular weight is 109 g/mol. The van der Waals surface area contributed by atoms with Crippen LogP contribution in [0.1, 0.15) is 24.6 Å². The van der Waals surface area contributed by atoms with Gasteiger partial charge in [-0.15, -0.1) is 0 Å². The Morgan fingerprint density at radius 1 is 1.62 bits per heavy atom. The predicted octanol–water partition coefficient (Wildman–Crippen LogP) is 0.747. The van der Waals surface area contributed by atoms with Gasteiger partial charge >= 0.3 is 6.39 Å². The molecule has 0 N–H and O–H groups in total. The van der Waals surface area contributed by atoms with Crippen molar-refractivity contribution < 1.29 is 4.52 Å². The third-order valence-corrected chi connectivity index (χ3v) is 1.28. The van der Waals surface area contributed by atoms with Crippen LogP contribution in [-0.2, 0) is 0 Å². The van der Waals surface area contributed by atoms with Crippen molar-refractivity contribution in [1.82, 2.24) is 10.1 Å². The second-order valence-electron chi connectivity index (χ2n) is 2.02. The van der Waals surface area contributed by atoms with Gasteiger partial charge in [0.05, 0.1) is 0 Å². The van der Waals surface area contributed by atoms with Crippen molar-refractivity contribution in [2.75, 3.05) is 0 Å². The summed E-state index contributed by atoms with van der Waals surface area (Å²) < 4.78 is 4.43.